The summed E-state index contributed by atoms with van der Waals surface area (Å²) in [5, 5.41) is 0. The highest BCUT2D eigenvalue weighted by molar-refractivity contribution is 5.82. The van der Waals surface area contributed by atoms with E-state index in [0.29, 0.717) is 49.9 Å². The second-order valence-electron chi connectivity index (χ2n) is 6.05. The minimum Gasteiger partial charge on any atom is -0.466 e. The molecule has 1 aromatic heterocycles. The number of rotatable bonds is 6. The van der Waals surface area contributed by atoms with Crippen LogP contribution in [0, 0.1) is 5.82 Å². The number of esters is 1. The van der Waals surface area contributed by atoms with Crippen molar-refractivity contribution in [1.82, 2.24) is 9.55 Å². The predicted molar refractivity (Wildman–Crippen MR) is 93.4 cm³/mol. The van der Waals surface area contributed by atoms with E-state index in [1.807, 2.05) is 15.5 Å². The first kappa shape index (κ1) is 17.7. The van der Waals surface area contributed by atoms with Crippen molar-refractivity contribution in [2.24, 2.45) is 0 Å². The lowest BCUT2D eigenvalue weighted by Crippen LogP contribution is -2.36. The van der Waals surface area contributed by atoms with Gasteiger partial charge in [0.25, 0.3) is 0 Å². The molecule has 136 valence electrons. The first-order chi connectivity index (χ1) is 12.1. The summed E-state index contributed by atoms with van der Waals surface area (Å²) in [5.74, 6) is 0.0103. The molecule has 0 unspecified atom stereocenters. The van der Waals surface area contributed by atoms with Crippen LogP contribution in [0.1, 0.15) is 26.1 Å². The van der Waals surface area contributed by atoms with Gasteiger partial charge in [-0.15, -0.1) is 0 Å². The summed E-state index contributed by atoms with van der Waals surface area (Å²) in [6, 6.07) is 3.30. The summed E-state index contributed by atoms with van der Waals surface area (Å²) >= 11 is 0. The van der Waals surface area contributed by atoms with Crippen LogP contribution in [0.3, 0.4) is 0 Å². The van der Waals surface area contributed by atoms with Gasteiger partial charge in [0.15, 0.2) is 0 Å². The first-order valence-corrected chi connectivity index (χ1v) is 8.81. The molecule has 0 atom stereocenters. The molecule has 0 radical (unpaired) electrons. The highest BCUT2D eigenvalue weighted by Gasteiger charge is 2.20. The number of hydrogen-bond acceptors (Lipinski definition) is 5. The van der Waals surface area contributed by atoms with Gasteiger partial charge in [-0.05, 0) is 19.4 Å². The number of morpholine rings is 1. The Kier molecular flexibility index (Phi) is 5.53. The minimum absolute atomic E-state index is 0.0943. The molecule has 2 heterocycles. The third kappa shape index (κ3) is 3.76. The van der Waals surface area contributed by atoms with E-state index in [1.54, 1.807) is 6.92 Å². The Bertz CT molecular complexity index is 754. The number of aryl methyl sites for hydroxylation is 1. The number of fused-ring (bicyclic) bond motifs is 1. The average Bonchev–Trinajstić information content (AvgIpc) is 2.92. The van der Waals surface area contributed by atoms with E-state index in [2.05, 4.69) is 11.9 Å². The highest BCUT2D eigenvalue weighted by atomic mass is 19.1. The van der Waals surface area contributed by atoms with Crippen molar-refractivity contribution in [2.75, 3.05) is 37.8 Å². The topological polar surface area (TPSA) is 56.6 Å². The molecular formula is C18H24FN3O3. The molecule has 3 rings (SSSR count). The van der Waals surface area contributed by atoms with Crippen molar-refractivity contribution in [1.29, 1.82) is 0 Å². The van der Waals surface area contributed by atoms with Crippen molar-refractivity contribution in [3.63, 3.8) is 0 Å². The van der Waals surface area contributed by atoms with Crippen molar-refractivity contribution >= 4 is 22.7 Å². The van der Waals surface area contributed by atoms with Crippen molar-refractivity contribution in [3.8, 4) is 0 Å². The number of imidazole rings is 1. The van der Waals surface area contributed by atoms with E-state index in [-0.39, 0.29) is 18.2 Å². The molecule has 0 saturated carbocycles. The SMILES string of the molecule is CCCn1c(CC(=O)OCC)nc2cc(F)c(N3CCOCC3)cc21. The number of anilines is 1. The quantitative estimate of drug-likeness (QED) is 0.750. The smallest absolute Gasteiger partial charge is 0.313 e. The second-order valence-corrected chi connectivity index (χ2v) is 6.05. The zero-order chi connectivity index (χ0) is 17.8. The van der Waals surface area contributed by atoms with Crippen molar-refractivity contribution in [2.45, 2.75) is 33.2 Å². The van der Waals surface area contributed by atoms with Gasteiger partial charge in [-0.3, -0.25) is 4.79 Å². The molecule has 1 saturated heterocycles. The number of hydrogen-bond donors (Lipinski definition) is 0. The molecule has 1 aromatic carbocycles. The predicted octanol–water partition coefficient (Wildman–Crippen LogP) is 2.53. The van der Waals surface area contributed by atoms with E-state index in [0.717, 1.165) is 18.5 Å². The maximum absolute atomic E-state index is 14.6. The van der Waals surface area contributed by atoms with Crippen LogP contribution in [0.4, 0.5) is 10.1 Å². The summed E-state index contributed by atoms with van der Waals surface area (Å²) in [6.07, 6.45) is 0.989. The molecule has 1 aliphatic rings. The van der Waals surface area contributed by atoms with Gasteiger partial charge in [-0.1, -0.05) is 6.92 Å². The number of halogens is 1. The lowest BCUT2D eigenvalue weighted by molar-refractivity contribution is -0.142. The number of nitrogens with zero attached hydrogens (tertiary/aromatic N) is 3. The molecule has 25 heavy (non-hydrogen) atoms. The molecule has 0 aliphatic carbocycles. The van der Waals surface area contributed by atoms with Gasteiger partial charge >= 0.3 is 5.97 Å². The third-order valence-electron chi connectivity index (χ3n) is 4.30. The molecule has 1 fully saturated rings. The number of carbonyl (C=O) groups is 1. The lowest BCUT2D eigenvalue weighted by Gasteiger charge is -2.29. The fourth-order valence-electron chi connectivity index (χ4n) is 3.18. The molecule has 7 heteroatoms. The molecule has 0 amide bonds. The minimum atomic E-state index is -0.316. The van der Waals surface area contributed by atoms with Crippen LogP contribution in [0.5, 0.6) is 0 Å². The van der Waals surface area contributed by atoms with Crippen LogP contribution >= 0.6 is 0 Å². The van der Waals surface area contributed by atoms with Crippen LogP contribution in [0.15, 0.2) is 12.1 Å². The zero-order valence-corrected chi connectivity index (χ0v) is 14.8. The Morgan fingerprint density at radius 2 is 2.08 bits per heavy atom. The normalized spacial score (nSPS) is 14.9. The van der Waals surface area contributed by atoms with Gasteiger partial charge in [0, 0.05) is 25.7 Å². The zero-order valence-electron chi connectivity index (χ0n) is 14.8. The van der Waals surface area contributed by atoms with Crippen molar-refractivity contribution in [3.05, 3.63) is 23.8 Å². The lowest BCUT2D eigenvalue weighted by atomic mass is 10.2. The van der Waals surface area contributed by atoms with E-state index in [1.165, 1.54) is 6.07 Å². The van der Waals surface area contributed by atoms with E-state index in [9.17, 15) is 9.18 Å². The molecule has 0 bridgehead atoms. The van der Waals surface area contributed by atoms with Crippen LogP contribution < -0.4 is 4.90 Å². The first-order valence-electron chi connectivity index (χ1n) is 8.81. The largest absolute Gasteiger partial charge is 0.466 e. The Morgan fingerprint density at radius 1 is 1.32 bits per heavy atom. The van der Waals surface area contributed by atoms with Gasteiger partial charge in [0.05, 0.1) is 36.5 Å². The van der Waals surface area contributed by atoms with Gasteiger partial charge in [0.2, 0.25) is 0 Å². The molecule has 2 aromatic rings. The standard InChI is InChI=1S/C18H24FN3O3/c1-3-5-22-16-11-15(21-6-8-24-9-7-21)13(19)10-14(16)20-17(22)12-18(23)25-4-2/h10-11H,3-9,12H2,1-2H3. The number of ether oxygens (including phenoxy) is 2. The number of benzene rings is 1. The highest BCUT2D eigenvalue weighted by Crippen LogP contribution is 2.28. The molecular weight excluding hydrogens is 325 g/mol. The number of aromatic nitrogens is 2. The second kappa shape index (κ2) is 7.82. The fraction of sp³-hybridized carbons (Fsp3) is 0.556. The van der Waals surface area contributed by atoms with E-state index >= 15 is 0 Å². The molecule has 0 spiro atoms. The summed E-state index contributed by atoms with van der Waals surface area (Å²) in [4.78, 5) is 18.3. The van der Waals surface area contributed by atoms with E-state index in [4.69, 9.17) is 9.47 Å². The van der Waals surface area contributed by atoms with Crippen LogP contribution in [0.25, 0.3) is 11.0 Å². The summed E-state index contributed by atoms with van der Waals surface area (Å²) in [7, 11) is 0. The Balaban J connectivity index is 2.01. The van der Waals surface area contributed by atoms with Crippen LogP contribution in [0.2, 0.25) is 0 Å². The van der Waals surface area contributed by atoms with Gasteiger partial charge < -0.3 is 18.9 Å². The maximum atomic E-state index is 14.6. The third-order valence-corrected chi connectivity index (χ3v) is 4.30. The number of carbonyl (C=O) groups excluding carboxylic acids is 1. The molecule has 1 aliphatic heterocycles. The molecule has 0 N–H and O–H groups in total. The summed E-state index contributed by atoms with van der Waals surface area (Å²) in [5.41, 5.74) is 1.99. The Labute approximate surface area is 146 Å². The fourth-order valence-corrected chi connectivity index (χ4v) is 3.18. The van der Waals surface area contributed by atoms with Gasteiger partial charge in [-0.25, -0.2) is 9.37 Å². The van der Waals surface area contributed by atoms with Gasteiger partial charge in [-0.2, -0.15) is 0 Å². The Hall–Kier alpha value is -2.15. The average molecular weight is 349 g/mol. The molecule has 6 nitrogen and oxygen atoms in total. The maximum Gasteiger partial charge on any atom is 0.313 e. The van der Waals surface area contributed by atoms with Crippen LogP contribution in [-0.4, -0.2) is 48.4 Å². The van der Waals surface area contributed by atoms with Crippen molar-refractivity contribution < 1.29 is 18.7 Å². The summed E-state index contributed by atoms with van der Waals surface area (Å²) < 4.78 is 27.0. The monoisotopic (exact) mass is 349 g/mol. The van der Waals surface area contributed by atoms with Crippen LogP contribution in [-0.2, 0) is 27.2 Å². The Morgan fingerprint density at radius 3 is 2.76 bits per heavy atom. The van der Waals surface area contributed by atoms with Gasteiger partial charge in [0.1, 0.15) is 18.1 Å². The van der Waals surface area contributed by atoms with E-state index < -0.39 is 0 Å². The summed E-state index contributed by atoms with van der Waals surface area (Å²) in [6.45, 7) is 7.42.